The molecular formula is C14H18N4. The highest BCUT2D eigenvalue weighted by atomic mass is 15.1. The first-order valence-electron chi connectivity index (χ1n) is 6.49. The summed E-state index contributed by atoms with van der Waals surface area (Å²) >= 11 is 0. The molecule has 0 amide bonds. The Labute approximate surface area is 107 Å². The molecule has 1 fully saturated rings. The molecule has 0 aliphatic carbocycles. The zero-order valence-electron chi connectivity index (χ0n) is 10.4. The van der Waals surface area contributed by atoms with Gasteiger partial charge in [0, 0.05) is 36.9 Å². The fraction of sp³-hybridized carbons (Fsp3) is 0.357. The lowest BCUT2D eigenvalue weighted by atomic mass is 10.2. The van der Waals surface area contributed by atoms with E-state index in [1.807, 2.05) is 6.20 Å². The van der Waals surface area contributed by atoms with Crippen molar-refractivity contribution >= 4 is 11.4 Å². The third-order valence-corrected chi connectivity index (χ3v) is 3.33. The van der Waals surface area contributed by atoms with E-state index < -0.39 is 0 Å². The Balaban J connectivity index is 1.66. The summed E-state index contributed by atoms with van der Waals surface area (Å²) in [5.74, 6) is 0.960. The minimum Gasteiger partial charge on any atom is -0.378 e. The molecule has 2 heterocycles. The molecular weight excluding hydrogens is 224 g/mol. The molecule has 0 bridgehead atoms. The monoisotopic (exact) mass is 242 g/mol. The number of H-pyrrole nitrogens is 1. The van der Waals surface area contributed by atoms with Gasteiger partial charge in [-0.3, -0.25) is 0 Å². The van der Waals surface area contributed by atoms with Crippen molar-refractivity contribution < 1.29 is 0 Å². The van der Waals surface area contributed by atoms with Gasteiger partial charge in [-0.05, 0) is 31.0 Å². The van der Waals surface area contributed by atoms with Crippen molar-refractivity contribution in [3.05, 3.63) is 42.5 Å². The van der Waals surface area contributed by atoms with E-state index in [9.17, 15) is 0 Å². The largest absolute Gasteiger partial charge is 0.378 e. The van der Waals surface area contributed by atoms with Crippen molar-refractivity contribution in [2.45, 2.75) is 19.4 Å². The Kier molecular flexibility index (Phi) is 3.17. The summed E-state index contributed by atoms with van der Waals surface area (Å²) in [5.41, 5.74) is 2.47. The van der Waals surface area contributed by atoms with Crippen LogP contribution >= 0.6 is 0 Å². The smallest absolute Gasteiger partial charge is 0.125 e. The number of nitrogens with one attached hydrogen (secondary N) is 2. The van der Waals surface area contributed by atoms with Crippen LogP contribution in [0.2, 0.25) is 0 Å². The van der Waals surface area contributed by atoms with Gasteiger partial charge in [-0.25, -0.2) is 4.98 Å². The Morgan fingerprint density at radius 1 is 1.28 bits per heavy atom. The van der Waals surface area contributed by atoms with E-state index in [0.29, 0.717) is 0 Å². The maximum absolute atomic E-state index is 4.20. The maximum Gasteiger partial charge on any atom is 0.125 e. The van der Waals surface area contributed by atoms with Crippen LogP contribution in [0.1, 0.15) is 18.7 Å². The molecule has 0 atom stereocenters. The quantitative estimate of drug-likeness (QED) is 0.866. The highest BCUT2D eigenvalue weighted by Crippen LogP contribution is 2.23. The molecule has 4 nitrogen and oxygen atoms in total. The first kappa shape index (κ1) is 11.1. The van der Waals surface area contributed by atoms with Crippen molar-refractivity contribution in [1.82, 2.24) is 9.97 Å². The molecule has 2 N–H and O–H groups in total. The zero-order valence-corrected chi connectivity index (χ0v) is 10.4. The number of anilines is 2. The summed E-state index contributed by atoms with van der Waals surface area (Å²) in [6.45, 7) is 3.10. The molecule has 1 saturated heterocycles. The molecule has 3 rings (SSSR count). The maximum atomic E-state index is 4.20. The molecule has 1 aromatic carbocycles. The molecule has 0 unspecified atom stereocenters. The molecule has 94 valence electrons. The molecule has 2 aromatic rings. The lowest BCUT2D eigenvalue weighted by Gasteiger charge is -2.18. The van der Waals surface area contributed by atoms with Gasteiger partial charge in [-0.2, -0.15) is 0 Å². The van der Waals surface area contributed by atoms with Crippen LogP contribution in [0.3, 0.4) is 0 Å². The van der Waals surface area contributed by atoms with Gasteiger partial charge in [0.2, 0.25) is 0 Å². The molecule has 4 heteroatoms. The van der Waals surface area contributed by atoms with Crippen molar-refractivity contribution in [1.29, 1.82) is 0 Å². The van der Waals surface area contributed by atoms with Crippen LogP contribution in [0.15, 0.2) is 36.7 Å². The number of nitrogens with zero attached hydrogens (tertiary/aromatic N) is 2. The Hall–Kier alpha value is -1.97. The second-order valence-corrected chi connectivity index (χ2v) is 4.63. The van der Waals surface area contributed by atoms with E-state index in [1.54, 1.807) is 6.20 Å². The molecule has 1 aromatic heterocycles. The number of aromatic nitrogens is 2. The zero-order chi connectivity index (χ0) is 12.2. The van der Waals surface area contributed by atoms with Gasteiger partial charge >= 0.3 is 0 Å². The Morgan fingerprint density at radius 2 is 2.17 bits per heavy atom. The van der Waals surface area contributed by atoms with Crippen LogP contribution in [0.25, 0.3) is 0 Å². The minimum atomic E-state index is 0.733. The number of benzene rings is 1. The van der Waals surface area contributed by atoms with Gasteiger partial charge in [0.15, 0.2) is 0 Å². The minimum absolute atomic E-state index is 0.733. The van der Waals surface area contributed by atoms with Gasteiger partial charge in [0.05, 0.1) is 6.54 Å². The average Bonchev–Trinajstić information content (AvgIpc) is 3.10. The highest BCUT2D eigenvalue weighted by molar-refractivity contribution is 5.58. The van der Waals surface area contributed by atoms with Crippen LogP contribution in [0.5, 0.6) is 0 Å². The number of hydrogen-bond acceptors (Lipinski definition) is 3. The molecule has 0 radical (unpaired) electrons. The van der Waals surface area contributed by atoms with Gasteiger partial charge in [0.1, 0.15) is 5.82 Å². The first-order chi connectivity index (χ1) is 8.92. The van der Waals surface area contributed by atoms with Crippen LogP contribution in [0, 0.1) is 0 Å². The topological polar surface area (TPSA) is 44.0 Å². The molecule has 1 aliphatic rings. The number of rotatable bonds is 4. The number of aromatic amines is 1. The van der Waals surface area contributed by atoms with E-state index in [1.165, 1.54) is 31.6 Å². The molecule has 0 saturated carbocycles. The van der Waals surface area contributed by atoms with Gasteiger partial charge in [-0.1, -0.05) is 6.07 Å². The first-order valence-corrected chi connectivity index (χ1v) is 6.49. The summed E-state index contributed by atoms with van der Waals surface area (Å²) in [7, 11) is 0. The fourth-order valence-corrected chi connectivity index (χ4v) is 2.37. The predicted octanol–water partition coefficient (Wildman–Crippen LogP) is 2.62. The van der Waals surface area contributed by atoms with Gasteiger partial charge in [-0.15, -0.1) is 0 Å². The van der Waals surface area contributed by atoms with Crippen molar-refractivity contribution in [2.75, 3.05) is 23.3 Å². The second kappa shape index (κ2) is 5.12. The summed E-state index contributed by atoms with van der Waals surface area (Å²) < 4.78 is 0. The SMILES string of the molecule is c1cc(NCc2ncc[nH]2)cc(N2CCCC2)c1. The van der Waals surface area contributed by atoms with Crippen LogP contribution in [-0.2, 0) is 6.54 Å². The third kappa shape index (κ3) is 2.47. The van der Waals surface area contributed by atoms with Crippen LogP contribution in [0.4, 0.5) is 11.4 Å². The van der Waals surface area contributed by atoms with Crippen molar-refractivity contribution in [3.8, 4) is 0 Å². The van der Waals surface area contributed by atoms with E-state index in [0.717, 1.165) is 18.1 Å². The molecule has 1 aliphatic heterocycles. The second-order valence-electron chi connectivity index (χ2n) is 4.63. The van der Waals surface area contributed by atoms with E-state index in [-0.39, 0.29) is 0 Å². The normalized spacial score (nSPS) is 15.0. The standard InChI is InChI=1S/C14H18N4/c1-2-9-18(8-1)13-5-3-4-12(10-13)17-11-14-15-6-7-16-14/h3-7,10,17H,1-2,8-9,11H2,(H,15,16). The van der Waals surface area contributed by atoms with Crippen LogP contribution in [-0.4, -0.2) is 23.1 Å². The molecule has 0 spiro atoms. The predicted molar refractivity (Wildman–Crippen MR) is 73.8 cm³/mol. The van der Waals surface area contributed by atoms with E-state index >= 15 is 0 Å². The van der Waals surface area contributed by atoms with E-state index in [2.05, 4.69) is 44.5 Å². The Bertz CT molecular complexity index is 486. The lowest BCUT2D eigenvalue weighted by molar-refractivity contribution is 0.949. The average molecular weight is 242 g/mol. The van der Waals surface area contributed by atoms with Gasteiger partial charge in [0.25, 0.3) is 0 Å². The number of imidazole rings is 1. The van der Waals surface area contributed by atoms with E-state index in [4.69, 9.17) is 0 Å². The summed E-state index contributed by atoms with van der Waals surface area (Å²) in [4.78, 5) is 9.74. The third-order valence-electron chi connectivity index (χ3n) is 3.33. The number of hydrogen-bond donors (Lipinski definition) is 2. The molecule has 18 heavy (non-hydrogen) atoms. The lowest BCUT2D eigenvalue weighted by Crippen LogP contribution is -2.17. The fourth-order valence-electron chi connectivity index (χ4n) is 2.37. The summed E-state index contributed by atoms with van der Waals surface area (Å²) in [6, 6.07) is 8.61. The summed E-state index contributed by atoms with van der Waals surface area (Å²) in [5, 5.41) is 3.39. The summed E-state index contributed by atoms with van der Waals surface area (Å²) in [6.07, 6.45) is 6.24. The highest BCUT2D eigenvalue weighted by Gasteiger charge is 2.12. The Morgan fingerprint density at radius 3 is 2.94 bits per heavy atom. The van der Waals surface area contributed by atoms with Crippen molar-refractivity contribution in [2.24, 2.45) is 0 Å². The van der Waals surface area contributed by atoms with Crippen molar-refractivity contribution in [3.63, 3.8) is 0 Å². The van der Waals surface area contributed by atoms with Crippen LogP contribution < -0.4 is 10.2 Å². The van der Waals surface area contributed by atoms with Gasteiger partial charge < -0.3 is 15.2 Å².